The Kier molecular flexibility index (Phi) is 8.57. The minimum Gasteiger partial charge on any atom is -0.458 e. The molecule has 8 heteroatoms. The van der Waals surface area contributed by atoms with E-state index in [4.69, 9.17) is 21.7 Å². The maximum absolute atomic E-state index is 12.1. The first kappa shape index (κ1) is 19.4. The standard InChI is InChI=1S/C15H26N4O3S/c1-5-19-10-12(13(18-19)14(20)22-11(3)4)17-15(23)16-8-7-9-21-6-2/h10-11H,5-9H2,1-4H3,(H2,16,17,23). The van der Waals surface area contributed by atoms with Gasteiger partial charge >= 0.3 is 5.97 Å². The van der Waals surface area contributed by atoms with Crippen LogP contribution in [-0.4, -0.2) is 46.7 Å². The molecule has 0 aliphatic heterocycles. The zero-order valence-electron chi connectivity index (χ0n) is 14.2. The van der Waals surface area contributed by atoms with Gasteiger partial charge in [0.05, 0.1) is 11.8 Å². The van der Waals surface area contributed by atoms with Gasteiger partial charge in [0.15, 0.2) is 10.8 Å². The molecule has 7 nitrogen and oxygen atoms in total. The van der Waals surface area contributed by atoms with E-state index >= 15 is 0 Å². The molecule has 0 unspecified atom stereocenters. The Hall–Kier alpha value is -1.67. The van der Waals surface area contributed by atoms with Gasteiger partial charge in [-0.15, -0.1) is 0 Å². The van der Waals surface area contributed by atoms with Crippen molar-refractivity contribution in [3.05, 3.63) is 11.9 Å². The Labute approximate surface area is 142 Å². The van der Waals surface area contributed by atoms with Crippen molar-refractivity contribution in [1.29, 1.82) is 0 Å². The summed E-state index contributed by atoms with van der Waals surface area (Å²) in [6, 6.07) is 0. The highest BCUT2D eigenvalue weighted by Gasteiger charge is 2.19. The Balaban J connectivity index is 2.62. The van der Waals surface area contributed by atoms with Gasteiger partial charge in [-0.25, -0.2) is 4.79 Å². The van der Waals surface area contributed by atoms with Crippen molar-refractivity contribution >= 4 is 29.0 Å². The molecule has 0 fully saturated rings. The molecule has 23 heavy (non-hydrogen) atoms. The Morgan fingerprint density at radius 2 is 2.17 bits per heavy atom. The predicted molar refractivity (Wildman–Crippen MR) is 93.8 cm³/mol. The third-order valence-corrected chi connectivity index (χ3v) is 3.07. The Morgan fingerprint density at radius 3 is 2.78 bits per heavy atom. The van der Waals surface area contributed by atoms with Crippen molar-refractivity contribution < 1.29 is 14.3 Å². The van der Waals surface area contributed by atoms with Crippen LogP contribution in [-0.2, 0) is 16.0 Å². The Bertz CT molecular complexity index is 517. The number of esters is 1. The van der Waals surface area contributed by atoms with Crippen LogP contribution >= 0.6 is 12.2 Å². The second-order valence-corrected chi connectivity index (χ2v) is 5.54. The summed E-state index contributed by atoms with van der Waals surface area (Å²) in [4.78, 5) is 12.1. The number of carbonyl (C=O) groups excluding carboxylic acids is 1. The fourth-order valence-electron chi connectivity index (χ4n) is 1.78. The molecule has 0 atom stereocenters. The van der Waals surface area contributed by atoms with Crippen molar-refractivity contribution in [2.24, 2.45) is 0 Å². The lowest BCUT2D eigenvalue weighted by molar-refractivity contribution is 0.0371. The molecule has 1 rings (SSSR count). The van der Waals surface area contributed by atoms with Crippen LogP contribution in [0, 0.1) is 0 Å². The molecular weight excluding hydrogens is 316 g/mol. The van der Waals surface area contributed by atoms with Crippen molar-refractivity contribution in [2.75, 3.05) is 25.1 Å². The summed E-state index contributed by atoms with van der Waals surface area (Å²) in [5, 5.41) is 10.7. The Morgan fingerprint density at radius 1 is 1.43 bits per heavy atom. The molecule has 0 aliphatic rings. The topological polar surface area (TPSA) is 77.4 Å². The van der Waals surface area contributed by atoms with Gasteiger partial charge in [-0.05, 0) is 46.3 Å². The molecule has 1 heterocycles. The molecule has 130 valence electrons. The number of nitrogens with zero attached hydrogens (tertiary/aromatic N) is 2. The first-order chi connectivity index (χ1) is 11.0. The van der Waals surface area contributed by atoms with E-state index in [-0.39, 0.29) is 11.8 Å². The van der Waals surface area contributed by atoms with Gasteiger partial charge in [-0.1, -0.05) is 0 Å². The van der Waals surface area contributed by atoms with Crippen LogP contribution in [0.2, 0.25) is 0 Å². The number of aromatic nitrogens is 2. The van der Waals surface area contributed by atoms with Crippen LogP contribution in [0.5, 0.6) is 0 Å². The number of anilines is 1. The predicted octanol–water partition coefficient (Wildman–Crippen LogP) is 2.18. The highest BCUT2D eigenvalue weighted by atomic mass is 32.1. The van der Waals surface area contributed by atoms with E-state index in [9.17, 15) is 4.79 Å². The van der Waals surface area contributed by atoms with Crippen molar-refractivity contribution in [3.63, 3.8) is 0 Å². The van der Waals surface area contributed by atoms with Gasteiger partial charge in [0.1, 0.15) is 0 Å². The lowest BCUT2D eigenvalue weighted by atomic mass is 10.3. The molecule has 2 N–H and O–H groups in total. The van der Waals surface area contributed by atoms with Gasteiger partial charge in [-0.3, -0.25) is 4.68 Å². The van der Waals surface area contributed by atoms with Crippen molar-refractivity contribution in [1.82, 2.24) is 15.1 Å². The number of carbonyl (C=O) groups is 1. The number of ether oxygens (including phenoxy) is 2. The van der Waals surface area contributed by atoms with Crippen LogP contribution in [0.4, 0.5) is 5.69 Å². The SMILES string of the molecule is CCOCCCNC(=S)Nc1cn(CC)nc1C(=O)OC(C)C. The molecule has 0 amide bonds. The summed E-state index contributed by atoms with van der Waals surface area (Å²) in [6.07, 6.45) is 2.39. The van der Waals surface area contributed by atoms with Crippen LogP contribution in [0.25, 0.3) is 0 Å². The molecule has 0 bridgehead atoms. The van der Waals surface area contributed by atoms with E-state index in [0.717, 1.165) is 6.42 Å². The van der Waals surface area contributed by atoms with Gasteiger partial charge in [0.25, 0.3) is 0 Å². The van der Waals surface area contributed by atoms with E-state index < -0.39 is 5.97 Å². The fraction of sp³-hybridized carbons (Fsp3) is 0.667. The van der Waals surface area contributed by atoms with Crippen LogP contribution in [0.1, 0.15) is 44.6 Å². The first-order valence-corrected chi connectivity index (χ1v) is 8.29. The molecule has 0 radical (unpaired) electrons. The van der Waals surface area contributed by atoms with E-state index in [2.05, 4.69) is 15.7 Å². The van der Waals surface area contributed by atoms with Gasteiger partial charge in [-0.2, -0.15) is 5.10 Å². The second-order valence-electron chi connectivity index (χ2n) is 5.13. The number of aryl methyl sites for hydroxylation is 1. The third kappa shape index (κ3) is 6.96. The summed E-state index contributed by atoms with van der Waals surface area (Å²) >= 11 is 5.24. The smallest absolute Gasteiger partial charge is 0.361 e. The summed E-state index contributed by atoms with van der Waals surface area (Å²) < 4.78 is 12.1. The normalized spacial score (nSPS) is 10.7. The summed E-state index contributed by atoms with van der Waals surface area (Å²) in [5.74, 6) is -0.464. The lowest BCUT2D eigenvalue weighted by Crippen LogP contribution is -2.30. The summed E-state index contributed by atoms with van der Waals surface area (Å²) in [7, 11) is 0. The number of hydrogen-bond donors (Lipinski definition) is 2. The zero-order chi connectivity index (χ0) is 17.2. The van der Waals surface area contributed by atoms with Crippen molar-refractivity contribution in [3.8, 4) is 0 Å². The quantitative estimate of drug-likeness (QED) is 0.404. The van der Waals surface area contributed by atoms with E-state index in [1.54, 1.807) is 24.7 Å². The highest BCUT2D eigenvalue weighted by Crippen LogP contribution is 2.16. The average molecular weight is 342 g/mol. The van der Waals surface area contributed by atoms with E-state index in [1.807, 2.05) is 13.8 Å². The molecule has 1 aromatic rings. The number of nitrogens with one attached hydrogen (secondary N) is 2. The average Bonchev–Trinajstić information content (AvgIpc) is 2.89. The maximum atomic E-state index is 12.1. The third-order valence-electron chi connectivity index (χ3n) is 2.83. The fourth-order valence-corrected chi connectivity index (χ4v) is 1.99. The van der Waals surface area contributed by atoms with Gasteiger partial charge < -0.3 is 20.1 Å². The van der Waals surface area contributed by atoms with E-state index in [1.165, 1.54) is 0 Å². The number of hydrogen-bond acceptors (Lipinski definition) is 5. The maximum Gasteiger partial charge on any atom is 0.361 e. The number of rotatable bonds is 9. The lowest BCUT2D eigenvalue weighted by Gasteiger charge is -2.11. The van der Waals surface area contributed by atoms with Gasteiger partial charge in [0.2, 0.25) is 0 Å². The minimum atomic E-state index is -0.464. The largest absolute Gasteiger partial charge is 0.458 e. The minimum absolute atomic E-state index is 0.203. The highest BCUT2D eigenvalue weighted by molar-refractivity contribution is 7.80. The number of thiocarbonyl (C=S) groups is 1. The summed E-state index contributed by atoms with van der Waals surface area (Å²) in [5.41, 5.74) is 0.777. The van der Waals surface area contributed by atoms with Crippen molar-refractivity contribution in [2.45, 2.75) is 46.8 Å². The van der Waals surface area contributed by atoms with E-state index in [0.29, 0.717) is 37.1 Å². The molecular formula is C15H26N4O3S. The van der Waals surface area contributed by atoms with Crippen LogP contribution in [0.3, 0.4) is 0 Å². The molecule has 0 aromatic carbocycles. The first-order valence-electron chi connectivity index (χ1n) is 7.88. The molecule has 0 saturated heterocycles. The van der Waals surface area contributed by atoms with Gasteiger partial charge in [0, 0.05) is 32.5 Å². The molecule has 0 spiro atoms. The monoisotopic (exact) mass is 342 g/mol. The van der Waals surface area contributed by atoms with Crippen LogP contribution in [0.15, 0.2) is 6.20 Å². The summed E-state index contributed by atoms with van der Waals surface area (Å²) in [6.45, 7) is 10.2. The molecule has 0 saturated carbocycles. The molecule has 1 aromatic heterocycles. The zero-order valence-corrected chi connectivity index (χ0v) is 15.0. The molecule has 0 aliphatic carbocycles. The van der Waals surface area contributed by atoms with Crippen LogP contribution < -0.4 is 10.6 Å². The second kappa shape index (κ2) is 10.2.